The second-order valence-corrected chi connectivity index (χ2v) is 7.35. The Labute approximate surface area is 165 Å². The summed E-state index contributed by atoms with van der Waals surface area (Å²) in [6, 6.07) is 15.0. The molecule has 2 aliphatic heterocycles. The van der Waals surface area contributed by atoms with Crippen molar-refractivity contribution in [3.63, 3.8) is 0 Å². The van der Waals surface area contributed by atoms with Crippen molar-refractivity contribution in [2.75, 3.05) is 19.7 Å². The van der Waals surface area contributed by atoms with Crippen molar-refractivity contribution < 1.29 is 19.1 Å². The molecule has 2 atom stereocenters. The van der Waals surface area contributed by atoms with E-state index in [2.05, 4.69) is 0 Å². The van der Waals surface area contributed by atoms with Gasteiger partial charge in [-0.1, -0.05) is 30.3 Å². The maximum absolute atomic E-state index is 13.0. The molecule has 1 fully saturated rings. The molecule has 1 saturated heterocycles. The van der Waals surface area contributed by atoms with E-state index in [0.717, 1.165) is 30.5 Å². The number of esters is 1. The number of hydrogen-bond donors (Lipinski definition) is 0. The Morgan fingerprint density at radius 3 is 2.82 bits per heavy atom. The molecular weight excluding hydrogens is 354 g/mol. The van der Waals surface area contributed by atoms with Crippen molar-refractivity contribution in [1.82, 2.24) is 4.90 Å². The second kappa shape index (κ2) is 8.15. The number of benzene rings is 2. The fourth-order valence-corrected chi connectivity index (χ4v) is 4.06. The van der Waals surface area contributed by atoms with Gasteiger partial charge in [0, 0.05) is 31.7 Å². The van der Waals surface area contributed by atoms with Crippen LogP contribution in [0.4, 0.5) is 0 Å². The summed E-state index contributed by atoms with van der Waals surface area (Å²) in [5, 5.41) is 0. The van der Waals surface area contributed by atoms with Gasteiger partial charge in [0.15, 0.2) is 0 Å². The van der Waals surface area contributed by atoms with Crippen LogP contribution in [-0.4, -0.2) is 42.6 Å². The number of amides is 1. The first-order chi connectivity index (χ1) is 13.7. The lowest BCUT2D eigenvalue weighted by Gasteiger charge is -2.33. The molecule has 5 heteroatoms. The lowest BCUT2D eigenvalue weighted by atomic mass is 9.93. The predicted molar refractivity (Wildman–Crippen MR) is 105 cm³/mol. The molecule has 5 nitrogen and oxygen atoms in total. The molecule has 2 aromatic rings. The number of rotatable bonds is 4. The van der Waals surface area contributed by atoms with Gasteiger partial charge in [-0.2, -0.15) is 0 Å². The summed E-state index contributed by atoms with van der Waals surface area (Å²) < 4.78 is 11.3. The van der Waals surface area contributed by atoms with E-state index in [4.69, 9.17) is 9.47 Å². The van der Waals surface area contributed by atoms with Crippen molar-refractivity contribution in [1.29, 1.82) is 0 Å². The molecule has 2 unspecified atom stereocenters. The van der Waals surface area contributed by atoms with E-state index in [1.807, 2.05) is 48.2 Å². The Morgan fingerprint density at radius 2 is 2.04 bits per heavy atom. The van der Waals surface area contributed by atoms with Crippen molar-refractivity contribution in [2.45, 2.75) is 38.4 Å². The van der Waals surface area contributed by atoms with Crippen LogP contribution in [0.3, 0.4) is 0 Å². The summed E-state index contributed by atoms with van der Waals surface area (Å²) in [5.41, 5.74) is 3.01. The van der Waals surface area contributed by atoms with Crippen molar-refractivity contribution in [2.24, 2.45) is 0 Å². The first-order valence-electron chi connectivity index (χ1n) is 9.95. The van der Waals surface area contributed by atoms with Crippen LogP contribution in [0.1, 0.15) is 57.7 Å². The zero-order chi connectivity index (χ0) is 19.5. The van der Waals surface area contributed by atoms with Gasteiger partial charge in [-0.15, -0.1) is 0 Å². The summed E-state index contributed by atoms with van der Waals surface area (Å²) in [6.45, 7) is 4.01. The highest BCUT2D eigenvalue weighted by Crippen LogP contribution is 2.31. The van der Waals surface area contributed by atoms with Crippen LogP contribution >= 0.6 is 0 Å². The van der Waals surface area contributed by atoms with Gasteiger partial charge in [-0.05, 0) is 49.1 Å². The first kappa shape index (κ1) is 18.7. The number of cyclic esters (lactones) is 1. The smallest absolute Gasteiger partial charge is 0.339 e. The molecule has 2 aromatic carbocycles. The zero-order valence-electron chi connectivity index (χ0n) is 16.1. The van der Waals surface area contributed by atoms with E-state index in [1.54, 1.807) is 12.1 Å². The third kappa shape index (κ3) is 3.80. The highest BCUT2D eigenvalue weighted by atomic mass is 16.5. The first-order valence-corrected chi connectivity index (χ1v) is 9.95. The Bertz CT molecular complexity index is 862. The van der Waals surface area contributed by atoms with Gasteiger partial charge >= 0.3 is 5.97 Å². The molecule has 1 amide bonds. The maximum atomic E-state index is 13.0. The van der Waals surface area contributed by atoms with Crippen LogP contribution in [-0.2, 0) is 15.9 Å². The lowest BCUT2D eigenvalue weighted by molar-refractivity contribution is 0.00721. The topological polar surface area (TPSA) is 55.8 Å². The quantitative estimate of drug-likeness (QED) is 0.759. The Hall–Kier alpha value is -2.66. The number of carbonyl (C=O) groups is 2. The predicted octanol–water partition coefficient (Wildman–Crippen LogP) is 3.78. The molecule has 2 aliphatic rings. The summed E-state index contributed by atoms with van der Waals surface area (Å²) >= 11 is 0. The third-order valence-electron chi connectivity index (χ3n) is 5.47. The number of likely N-dealkylation sites (tertiary alicyclic amines) is 1. The minimum absolute atomic E-state index is 0.00223. The van der Waals surface area contributed by atoms with Crippen molar-refractivity contribution in [3.05, 3.63) is 70.8 Å². The molecule has 0 N–H and O–H groups in total. The summed E-state index contributed by atoms with van der Waals surface area (Å²) in [6.07, 6.45) is 2.31. The third-order valence-corrected chi connectivity index (χ3v) is 5.47. The average molecular weight is 379 g/mol. The molecule has 0 spiro atoms. The number of carbonyl (C=O) groups excluding carboxylic acids is 2. The monoisotopic (exact) mass is 379 g/mol. The number of fused-ring (bicyclic) bond motifs is 1. The SMILES string of the molecule is CCOC1CCCN(C(=O)c2ccc3c(c2)CC(c2ccccc2)OC3=O)C1. The van der Waals surface area contributed by atoms with E-state index in [-0.39, 0.29) is 24.1 Å². The van der Waals surface area contributed by atoms with Gasteiger partial charge in [-0.25, -0.2) is 4.79 Å². The van der Waals surface area contributed by atoms with Gasteiger partial charge in [0.1, 0.15) is 6.10 Å². The zero-order valence-corrected chi connectivity index (χ0v) is 16.1. The highest BCUT2D eigenvalue weighted by molar-refractivity contribution is 5.97. The number of hydrogen-bond acceptors (Lipinski definition) is 4. The largest absolute Gasteiger partial charge is 0.454 e. The number of nitrogens with zero attached hydrogens (tertiary/aromatic N) is 1. The van der Waals surface area contributed by atoms with Gasteiger partial charge in [0.2, 0.25) is 0 Å². The van der Waals surface area contributed by atoms with E-state index in [1.165, 1.54) is 0 Å². The van der Waals surface area contributed by atoms with Crippen LogP contribution in [0.5, 0.6) is 0 Å². The molecule has 0 aromatic heterocycles. The molecule has 0 bridgehead atoms. The highest BCUT2D eigenvalue weighted by Gasteiger charge is 2.30. The standard InChI is InChI=1S/C23H25NO4/c1-2-27-19-9-6-12-24(15-19)22(25)17-10-11-20-18(13-17)14-21(28-23(20)26)16-7-4-3-5-8-16/h3-5,7-8,10-11,13,19,21H,2,6,9,12,14-15H2,1H3. The summed E-state index contributed by atoms with van der Waals surface area (Å²) in [7, 11) is 0. The second-order valence-electron chi connectivity index (χ2n) is 7.35. The fourth-order valence-electron chi connectivity index (χ4n) is 4.06. The van der Waals surface area contributed by atoms with Crippen LogP contribution < -0.4 is 0 Å². The van der Waals surface area contributed by atoms with E-state index in [0.29, 0.717) is 30.7 Å². The van der Waals surface area contributed by atoms with E-state index < -0.39 is 0 Å². The normalized spacial score (nSPS) is 21.8. The van der Waals surface area contributed by atoms with Gasteiger partial charge in [0.25, 0.3) is 5.91 Å². The minimum atomic E-state index is -0.330. The molecule has 28 heavy (non-hydrogen) atoms. The molecule has 0 aliphatic carbocycles. The molecule has 146 valence electrons. The maximum Gasteiger partial charge on any atom is 0.339 e. The Balaban J connectivity index is 1.55. The Kier molecular flexibility index (Phi) is 5.44. The van der Waals surface area contributed by atoms with E-state index in [9.17, 15) is 9.59 Å². The van der Waals surface area contributed by atoms with Gasteiger partial charge < -0.3 is 14.4 Å². The minimum Gasteiger partial charge on any atom is -0.454 e. The Morgan fingerprint density at radius 1 is 1.21 bits per heavy atom. The number of ether oxygens (including phenoxy) is 2. The summed E-state index contributed by atoms with van der Waals surface area (Å²) in [5.74, 6) is -0.328. The van der Waals surface area contributed by atoms with E-state index >= 15 is 0 Å². The molecule has 0 saturated carbocycles. The molecular formula is C23H25NO4. The summed E-state index contributed by atoms with van der Waals surface area (Å²) in [4.78, 5) is 27.3. The molecule has 4 rings (SSSR count). The van der Waals surface area contributed by atoms with Crippen LogP contribution in [0, 0.1) is 0 Å². The van der Waals surface area contributed by atoms with Gasteiger partial charge in [0.05, 0.1) is 11.7 Å². The van der Waals surface area contributed by atoms with Gasteiger partial charge in [-0.3, -0.25) is 4.79 Å². The fraction of sp³-hybridized carbons (Fsp3) is 0.391. The van der Waals surface area contributed by atoms with Crippen molar-refractivity contribution >= 4 is 11.9 Å². The van der Waals surface area contributed by atoms with Crippen LogP contribution in [0.25, 0.3) is 0 Å². The van der Waals surface area contributed by atoms with Crippen LogP contribution in [0.2, 0.25) is 0 Å². The molecule has 2 heterocycles. The molecule has 0 radical (unpaired) electrons. The lowest BCUT2D eigenvalue weighted by Crippen LogP contribution is -2.43. The average Bonchev–Trinajstić information content (AvgIpc) is 2.74. The van der Waals surface area contributed by atoms with Crippen molar-refractivity contribution in [3.8, 4) is 0 Å². The van der Waals surface area contributed by atoms with Crippen LogP contribution in [0.15, 0.2) is 48.5 Å². The number of piperidine rings is 1.